The SMILES string of the molecule is CCC(C)(C)NC(=O)COC(=O)Cc1cc(OC)c(OC)c(OC)c1. The van der Waals surface area contributed by atoms with Crippen LogP contribution in [-0.2, 0) is 20.7 Å². The summed E-state index contributed by atoms with van der Waals surface area (Å²) in [5.41, 5.74) is 0.300. The number of rotatable bonds is 9. The Balaban J connectivity index is 2.70. The maximum Gasteiger partial charge on any atom is 0.310 e. The van der Waals surface area contributed by atoms with Gasteiger partial charge in [-0.15, -0.1) is 0 Å². The zero-order valence-corrected chi connectivity index (χ0v) is 15.7. The second-order valence-electron chi connectivity index (χ2n) is 6.16. The van der Waals surface area contributed by atoms with Gasteiger partial charge in [-0.3, -0.25) is 9.59 Å². The van der Waals surface area contributed by atoms with Gasteiger partial charge >= 0.3 is 5.97 Å². The summed E-state index contributed by atoms with van der Waals surface area (Å²) in [4.78, 5) is 23.8. The van der Waals surface area contributed by atoms with E-state index >= 15 is 0 Å². The zero-order chi connectivity index (χ0) is 19.0. The molecule has 0 spiro atoms. The normalized spacial score (nSPS) is 10.8. The number of nitrogens with one attached hydrogen (secondary N) is 1. The van der Waals surface area contributed by atoms with E-state index in [0.717, 1.165) is 6.42 Å². The van der Waals surface area contributed by atoms with Crippen LogP contribution in [0.5, 0.6) is 17.2 Å². The molecule has 7 nitrogen and oxygen atoms in total. The lowest BCUT2D eigenvalue weighted by atomic mass is 10.0. The quantitative estimate of drug-likeness (QED) is 0.685. The Morgan fingerprint density at radius 2 is 1.60 bits per heavy atom. The van der Waals surface area contributed by atoms with Crippen LogP contribution in [-0.4, -0.2) is 45.4 Å². The highest BCUT2D eigenvalue weighted by Crippen LogP contribution is 2.38. The van der Waals surface area contributed by atoms with Crippen molar-refractivity contribution in [3.63, 3.8) is 0 Å². The molecule has 0 saturated carbocycles. The summed E-state index contributed by atoms with van der Waals surface area (Å²) >= 11 is 0. The van der Waals surface area contributed by atoms with Crippen LogP contribution in [0.15, 0.2) is 12.1 Å². The first-order valence-electron chi connectivity index (χ1n) is 8.01. The molecule has 0 heterocycles. The molecule has 1 amide bonds. The average Bonchev–Trinajstić information content (AvgIpc) is 2.58. The summed E-state index contributed by atoms with van der Waals surface area (Å²) in [5.74, 6) is 0.506. The summed E-state index contributed by atoms with van der Waals surface area (Å²) in [5, 5.41) is 2.80. The highest BCUT2D eigenvalue weighted by atomic mass is 16.5. The van der Waals surface area contributed by atoms with Crippen LogP contribution in [0.1, 0.15) is 32.8 Å². The van der Waals surface area contributed by atoms with Gasteiger partial charge < -0.3 is 24.3 Å². The number of benzene rings is 1. The van der Waals surface area contributed by atoms with Crippen LogP contribution < -0.4 is 19.5 Å². The van der Waals surface area contributed by atoms with Crippen molar-refractivity contribution in [3.8, 4) is 17.2 Å². The third-order valence-electron chi connectivity index (χ3n) is 3.80. The van der Waals surface area contributed by atoms with Crippen LogP contribution in [0.25, 0.3) is 0 Å². The standard InChI is InChI=1S/C18H27NO6/c1-7-18(2,3)19-15(20)11-25-16(21)10-12-8-13(22-4)17(24-6)14(9-12)23-5/h8-9H,7,10-11H2,1-6H3,(H,19,20). The molecule has 1 aromatic rings. The van der Waals surface area contributed by atoms with E-state index in [4.69, 9.17) is 18.9 Å². The van der Waals surface area contributed by atoms with Gasteiger partial charge in [-0.05, 0) is 38.0 Å². The predicted molar refractivity (Wildman–Crippen MR) is 93.3 cm³/mol. The number of carbonyl (C=O) groups excluding carboxylic acids is 2. The van der Waals surface area contributed by atoms with Gasteiger partial charge in [0, 0.05) is 5.54 Å². The number of amides is 1. The lowest BCUT2D eigenvalue weighted by molar-refractivity contribution is -0.148. The van der Waals surface area contributed by atoms with Crippen molar-refractivity contribution in [3.05, 3.63) is 17.7 Å². The van der Waals surface area contributed by atoms with E-state index in [1.807, 2.05) is 20.8 Å². The molecule has 1 N–H and O–H groups in total. The molecule has 0 saturated heterocycles. The molecule has 0 radical (unpaired) electrons. The molecule has 0 bridgehead atoms. The fourth-order valence-electron chi connectivity index (χ4n) is 2.10. The predicted octanol–water partition coefficient (Wildman–Crippen LogP) is 2.10. The summed E-state index contributed by atoms with van der Waals surface area (Å²) in [7, 11) is 4.50. The molecule has 0 aromatic heterocycles. The van der Waals surface area contributed by atoms with E-state index in [1.54, 1.807) is 12.1 Å². The molecular weight excluding hydrogens is 326 g/mol. The molecule has 0 aliphatic rings. The third-order valence-corrected chi connectivity index (χ3v) is 3.80. The second kappa shape index (κ2) is 9.15. The number of esters is 1. The van der Waals surface area contributed by atoms with Crippen molar-refractivity contribution < 1.29 is 28.5 Å². The molecule has 0 unspecified atom stereocenters. The molecule has 7 heteroatoms. The number of hydrogen-bond donors (Lipinski definition) is 1. The van der Waals surface area contributed by atoms with E-state index in [0.29, 0.717) is 22.8 Å². The van der Waals surface area contributed by atoms with E-state index in [-0.39, 0.29) is 24.5 Å². The number of methoxy groups -OCH3 is 3. The maximum absolute atomic E-state index is 12.0. The Labute approximate surface area is 148 Å². The molecule has 1 rings (SSSR count). The summed E-state index contributed by atoms with van der Waals surface area (Å²) in [6.45, 7) is 5.47. The van der Waals surface area contributed by atoms with Gasteiger partial charge in [0.05, 0.1) is 27.8 Å². The smallest absolute Gasteiger partial charge is 0.310 e. The molecule has 0 aliphatic heterocycles. The number of hydrogen-bond acceptors (Lipinski definition) is 6. The van der Waals surface area contributed by atoms with Crippen molar-refractivity contribution in [1.82, 2.24) is 5.32 Å². The van der Waals surface area contributed by atoms with E-state index < -0.39 is 5.97 Å². The lowest BCUT2D eigenvalue weighted by Gasteiger charge is -2.24. The van der Waals surface area contributed by atoms with E-state index in [9.17, 15) is 9.59 Å². The van der Waals surface area contributed by atoms with Gasteiger partial charge in [-0.25, -0.2) is 0 Å². The topological polar surface area (TPSA) is 83.1 Å². The third kappa shape index (κ3) is 6.17. The van der Waals surface area contributed by atoms with Gasteiger partial charge in [0.1, 0.15) is 0 Å². The Bertz CT molecular complexity index is 587. The van der Waals surface area contributed by atoms with Crippen LogP contribution in [0.3, 0.4) is 0 Å². The lowest BCUT2D eigenvalue weighted by Crippen LogP contribution is -2.44. The van der Waals surface area contributed by atoms with Crippen LogP contribution >= 0.6 is 0 Å². The van der Waals surface area contributed by atoms with Crippen molar-refractivity contribution in [2.24, 2.45) is 0 Å². The van der Waals surface area contributed by atoms with Crippen LogP contribution in [0, 0.1) is 0 Å². The number of carbonyl (C=O) groups is 2. The van der Waals surface area contributed by atoms with Crippen LogP contribution in [0.4, 0.5) is 0 Å². The molecule has 25 heavy (non-hydrogen) atoms. The second-order valence-corrected chi connectivity index (χ2v) is 6.16. The maximum atomic E-state index is 12.0. The Kier molecular flexibility index (Phi) is 7.54. The average molecular weight is 353 g/mol. The Morgan fingerprint density at radius 3 is 2.04 bits per heavy atom. The summed E-state index contributed by atoms with van der Waals surface area (Å²) in [6, 6.07) is 3.34. The molecule has 140 valence electrons. The van der Waals surface area contributed by atoms with Crippen molar-refractivity contribution in [2.75, 3.05) is 27.9 Å². The van der Waals surface area contributed by atoms with Crippen molar-refractivity contribution in [1.29, 1.82) is 0 Å². The zero-order valence-electron chi connectivity index (χ0n) is 15.7. The first kappa shape index (κ1) is 20.6. The fraction of sp³-hybridized carbons (Fsp3) is 0.556. The minimum atomic E-state index is -0.515. The summed E-state index contributed by atoms with van der Waals surface area (Å²) in [6.07, 6.45) is 0.763. The van der Waals surface area contributed by atoms with Gasteiger partial charge in [0.15, 0.2) is 18.1 Å². The largest absolute Gasteiger partial charge is 0.493 e. The molecule has 0 fully saturated rings. The molecular formula is C18H27NO6. The molecule has 0 atom stereocenters. The highest BCUT2D eigenvalue weighted by molar-refractivity contribution is 5.81. The van der Waals surface area contributed by atoms with Gasteiger partial charge in [0.2, 0.25) is 5.75 Å². The minimum Gasteiger partial charge on any atom is -0.493 e. The van der Waals surface area contributed by atoms with E-state index in [1.165, 1.54) is 21.3 Å². The van der Waals surface area contributed by atoms with Crippen LogP contribution in [0.2, 0.25) is 0 Å². The Morgan fingerprint density at radius 1 is 1.04 bits per heavy atom. The monoisotopic (exact) mass is 353 g/mol. The van der Waals surface area contributed by atoms with E-state index in [2.05, 4.69) is 5.32 Å². The first-order chi connectivity index (χ1) is 11.8. The highest BCUT2D eigenvalue weighted by Gasteiger charge is 2.19. The minimum absolute atomic E-state index is 0.0127. The Hall–Kier alpha value is -2.44. The fourth-order valence-corrected chi connectivity index (χ4v) is 2.10. The summed E-state index contributed by atoms with van der Waals surface area (Å²) < 4.78 is 20.8. The van der Waals surface area contributed by atoms with Crippen molar-refractivity contribution in [2.45, 2.75) is 39.2 Å². The first-order valence-corrected chi connectivity index (χ1v) is 8.01. The van der Waals surface area contributed by atoms with Gasteiger partial charge in [-0.2, -0.15) is 0 Å². The molecule has 0 aliphatic carbocycles. The number of ether oxygens (including phenoxy) is 4. The van der Waals surface area contributed by atoms with Crippen molar-refractivity contribution >= 4 is 11.9 Å². The van der Waals surface area contributed by atoms with Gasteiger partial charge in [-0.1, -0.05) is 6.92 Å². The molecule has 1 aromatic carbocycles. The van der Waals surface area contributed by atoms with Gasteiger partial charge in [0.25, 0.3) is 5.91 Å².